The van der Waals surface area contributed by atoms with Crippen molar-refractivity contribution in [2.45, 2.75) is 58.4 Å². The number of benzene rings is 1. The average molecular weight is 460 g/mol. The second-order valence-corrected chi connectivity index (χ2v) is 9.55. The molecular formula is C26H31N6O2+. The number of rotatable bonds is 6. The maximum Gasteiger partial charge on any atom is 0.325 e. The molecule has 0 aliphatic heterocycles. The van der Waals surface area contributed by atoms with Crippen LogP contribution in [0, 0.1) is 5.92 Å². The summed E-state index contributed by atoms with van der Waals surface area (Å²) in [7, 11) is 0. The lowest BCUT2D eigenvalue weighted by Gasteiger charge is -2.21. The van der Waals surface area contributed by atoms with Crippen LogP contribution in [0.1, 0.15) is 68.2 Å². The Kier molecular flexibility index (Phi) is 6.04. The fourth-order valence-electron chi connectivity index (χ4n) is 4.79. The molecule has 0 saturated heterocycles. The van der Waals surface area contributed by atoms with E-state index in [1.54, 1.807) is 23.0 Å². The molecule has 8 nitrogen and oxygen atoms in total. The summed E-state index contributed by atoms with van der Waals surface area (Å²) in [4.78, 5) is 13.2. The van der Waals surface area contributed by atoms with E-state index in [9.17, 15) is 10.0 Å². The number of nitrogens with zero attached hydrogens (tertiary/aromatic N) is 5. The Morgan fingerprint density at radius 1 is 1.21 bits per heavy atom. The summed E-state index contributed by atoms with van der Waals surface area (Å²) in [6.45, 7) is 4.15. The number of aromatic nitrogens is 5. The maximum atomic E-state index is 13.2. The fourth-order valence-corrected chi connectivity index (χ4v) is 4.79. The maximum absolute atomic E-state index is 13.2. The molecule has 3 aromatic heterocycles. The lowest BCUT2D eigenvalue weighted by molar-refractivity contribution is -0.910. The van der Waals surface area contributed by atoms with Crippen LogP contribution in [-0.4, -0.2) is 30.7 Å². The van der Waals surface area contributed by atoms with Gasteiger partial charge in [0.2, 0.25) is 5.69 Å². The lowest BCUT2D eigenvalue weighted by atomic mass is 9.96. The number of hydrogen-bond donors (Lipinski definition) is 2. The highest BCUT2D eigenvalue weighted by Gasteiger charge is 2.25. The Balaban J connectivity index is 1.51. The molecule has 0 atom stereocenters. The third kappa shape index (κ3) is 4.40. The molecule has 1 fully saturated rings. The number of nitrogens with one attached hydrogen (secondary N) is 1. The SMILES string of the molecule is CC(C)Cc1cccc(C(=O)Nc2cc3cn(C4CCCCC4)nc3cc2-n2cccn2)[n+]1O. The Morgan fingerprint density at radius 3 is 2.76 bits per heavy atom. The molecule has 0 unspecified atom stereocenters. The summed E-state index contributed by atoms with van der Waals surface area (Å²) in [5, 5.41) is 23.9. The summed E-state index contributed by atoms with van der Waals surface area (Å²) < 4.78 is 4.79. The van der Waals surface area contributed by atoms with Crippen molar-refractivity contribution >= 4 is 22.5 Å². The van der Waals surface area contributed by atoms with Crippen LogP contribution in [0.25, 0.3) is 16.6 Å². The van der Waals surface area contributed by atoms with Crippen molar-refractivity contribution in [2.24, 2.45) is 5.92 Å². The zero-order valence-corrected chi connectivity index (χ0v) is 19.7. The Bertz CT molecular complexity index is 1300. The Hall–Kier alpha value is -3.68. The van der Waals surface area contributed by atoms with E-state index < -0.39 is 0 Å². The van der Waals surface area contributed by atoms with Gasteiger partial charge in [0.05, 0.1) is 22.9 Å². The Labute approximate surface area is 198 Å². The van der Waals surface area contributed by atoms with Gasteiger partial charge in [-0.25, -0.2) is 4.68 Å². The van der Waals surface area contributed by atoms with Crippen molar-refractivity contribution in [1.29, 1.82) is 0 Å². The van der Waals surface area contributed by atoms with Gasteiger partial charge >= 0.3 is 11.6 Å². The van der Waals surface area contributed by atoms with Gasteiger partial charge in [0.25, 0.3) is 0 Å². The van der Waals surface area contributed by atoms with E-state index >= 15 is 0 Å². The summed E-state index contributed by atoms with van der Waals surface area (Å²) in [6.07, 6.45) is 12.3. The highest BCUT2D eigenvalue weighted by Crippen LogP contribution is 2.31. The van der Waals surface area contributed by atoms with Gasteiger partial charge in [0.15, 0.2) is 0 Å². The second kappa shape index (κ2) is 9.29. The van der Waals surface area contributed by atoms with Crippen molar-refractivity contribution in [1.82, 2.24) is 19.6 Å². The van der Waals surface area contributed by atoms with E-state index in [0.717, 1.165) is 34.2 Å². The lowest BCUT2D eigenvalue weighted by Crippen LogP contribution is -2.43. The number of hydrogen-bond acceptors (Lipinski definition) is 4. The molecule has 176 valence electrons. The molecule has 1 amide bonds. The van der Waals surface area contributed by atoms with Crippen LogP contribution < -0.4 is 10.0 Å². The molecular weight excluding hydrogens is 428 g/mol. The van der Waals surface area contributed by atoms with Crippen LogP contribution in [0.5, 0.6) is 0 Å². The van der Waals surface area contributed by atoms with Gasteiger partial charge in [-0.05, 0) is 43.0 Å². The van der Waals surface area contributed by atoms with E-state index in [0.29, 0.717) is 29.8 Å². The van der Waals surface area contributed by atoms with E-state index in [1.165, 1.54) is 19.3 Å². The van der Waals surface area contributed by atoms with Gasteiger partial charge in [-0.15, -0.1) is 0 Å². The van der Waals surface area contributed by atoms with Crippen LogP contribution in [0.2, 0.25) is 0 Å². The first-order chi connectivity index (χ1) is 16.5. The molecule has 4 aromatic rings. The zero-order chi connectivity index (χ0) is 23.7. The minimum absolute atomic E-state index is 0.183. The first kappa shape index (κ1) is 22.1. The topological polar surface area (TPSA) is 88.9 Å². The smallest absolute Gasteiger partial charge is 0.315 e. The molecule has 1 saturated carbocycles. The minimum atomic E-state index is -0.388. The van der Waals surface area contributed by atoms with Crippen LogP contribution in [0.4, 0.5) is 5.69 Å². The van der Waals surface area contributed by atoms with E-state index in [1.807, 2.05) is 30.5 Å². The molecule has 8 heteroatoms. The van der Waals surface area contributed by atoms with Gasteiger partial charge in [-0.3, -0.25) is 14.7 Å². The first-order valence-electron chi connectivity index (χ1n) is 12.1. The standard InChI is InChI=1S/C26H30N6O2/c1-18(2)14-21-10-6-11-24(32(21)34)26(33)28-23-15-19-17-31(20-8-4-3-5-9-20)29-22(19)16-25(23)30-13-7-12-27-30/h6-7,10-13,15-18,20H,3-5,8-9,14H2,1-2H3,(H-,28,33,34)/p+1. The molecule has 34 heavy (non-hydrogen) atoms. The van der Waals surface area contributed by atoms with Crippen LogP contribution in [0.15, 0.2) is 55.0 Å². The highest BCUT2D eigenvalue weighted by atomic mass is 16.5. The van der Waals surface area contributed by atoms with Gasteiger partial charge in [0.1, 0.15) is 0 Å². The normalized spacial score (nSPS) is 14.7. The van der Waals surface area contributed by atoms with Gasteiger partial charge < -0.3 is 5.32 Å². The van der Waals surface area contributed by atoms with Crippen molar-refractivity contribution in [2.75, 3.05) is 5.32 Å². The molecule has 1 aromatic carbocycles. The molecule has 2 N–H and O–H groups in total. The van der Waals surface area contributed by atoms with Crippen molar-refractivity contribution in [3.8, 4) is 5.69 Å². The third-order valence-electron chi connectivity index (χ3n) is 6.48. The van der Waals surface area contributed by atoms with Crippen molar-refractivity contribution in [3.05, 3.63) is 66.4 Å². The predicted molar refractivity (Wildman–Crippen MR) is 129 cm³/mol. The van der Waals surface area contributed by atoms with Crippen molar-refractivity contribution in [3.63, 3.8) is 0 Å². The fraction of sp³-hybridized carbons (Fsp3) is 0.385. The zero-order valence-electron chi connectivity index (χ0n) is 19.7. The predicted octanol–water partition coefficient (Wildman–Crippen LogP) is 4.70. The minimum Gasteiger partial charge on any atom is -0.315 e. The van der Waals surface area contributed by atoms with Gasteiger partial charge in [-0.2, -0.15) is 10.2 Å². The Morgan fingerprint density at radius 2 is 2.03 bits per heavy atom. The summed E-state index contributed by atoms with van der Waals surface area (Å²) in [5.41, 5.74) is 3.08. The molecule has 5 rings (SSSR count). The quantitative estimate of drug-likeness (QED) is 0.323. The molecule has 0 radical (unpaired) electrons. The number of carbonyl (C=O) groups is 1. The number of carbonyl (C=O) groups excluding carboxylic acids is 1. The first-order valence-corrected chi connectivity index (χ1v) is 12.1. The number of fused-ring (bicyclic) bond motifs is 1. The van der Waals surface area contributed by atoms with Crippen LogP contribution in [-0.2, 0) is 6.42 Å². The summed E-state index contributed by atoms with van der Waals surface area (Å²) >= 11 is 0. The summed E-state index contributed by atoms with van der Waals surface area (Å²) in [6, 6.07) is 11.4. The number of amides is 1. The molecule has 0 spiro atoms. The largest absolute Gasteiger partial charge is 0.325 e. The van der Waals surface area contributed by atoms with Gasteiger partial charge in [-0.1, -0.05) is 33.1 Å². The third-order valence-corrected chi connectivity index (χ3v) is 6.48. The monoisotopic (exact) mass is 459 g/mol. The van der Waals surface area contributed by atoms with Crippen LogP contribution in [0.3, 0.4) is 0 Å². The molecule has 1 aliphatic rings. The number of anilines is 1. The molecule has 0 bridgehead atoms. The highest BCUT2D eigenvalue weighted by molar-refractivity contribution is 6.04. The number of pyridine rings is 1. The molecule has 3 heterocycles. The second-order valence-electron chi connectivity index (χ2n) is 9.55. The van der Waals surface area contributed by atoms with E-state index in [-0.39, 0.29) is 11.6 Å². The van der Waals surface area contributed by atoms with Crippen LogP contribution >= 0.6 is 0 Å². The van der Waals surface area contributed by atoms with Crippen molar-refractivity contribution < 1.29 is 14.7 Å². The molecule has 1 aliphatic carbocycles. The summed E-state index contributed by atoms with van der Waals surface area (Å²) in [5.74, 6) is -0.0354. The van der Waals surface area contributed by atoms with Gasteiger partial charge in [0, 0.05) is 47.3 Å². The van der Waals surface area contributed by atoms with E-state index in [2.05, 4.69) is 35.1 Å². The average Bonchev–Trinajstić information content (AvgIpc) is 3.50. The van der Waals surface area contributed by atoms with E-state index in [4.69, 9.17) is 5.10 Å².